The topological polar surface area (TPSA) is 64.0 Å². The van der Waals surface area contributed by atoms with Gasteiger partial charge in [-0.1, -0.05) is 18.5 Å². The predicted octanol–water partition coefficient (Wildman–Crippen LogP) is 4.18. The second kappa shape index (κ2) is 7.09. The summed E-state index contributed by atoms with van der Waals surface area (Å²) in [5, 5.41) is 4.10. The Bertz CT molecular complexity index is 1090. The van der Waals surface area contributed by atoms with Crippen LogP contribution in [-0.2, 0) is 24.2 Å². The minimum absolute atomic E-state index is 0.0583. The molecule has 3 aromatic rings. The summed E-state index contributed by atoms with van der Waals surface area (Å²) >= 11 is 7.49. The Hall–Kier alpha value is -2.18. The Labute approximate surface area is 166 Å². The van der Waals surface area contributed by atoms with E-state index in [0.717, 1.165) is 29.7 Å². The van der Waals surface area contributed by atoms with Crippen LogP contribution in [0.1, 0.15) is 29.6 Å². The third-order valence-electron chi connectivity index (χ3n) is 5.04. The van der Waals surface area contributed by atoms with Gasteiger partial charge in [-0.2, -0.15) is 0 Å². The quantitative estimate of drug-likeness (QED) is 0.715. The minimum atomic E-state index is -0.263. The molecule has 0 bridgehead atoms. The first-order valence-corrected chi connectivity index (χ1v) is 10.2. The summed E-state index contributed by atoms with van der Waals surface area (Å²) in [5.41, 5.74) is 1.67. The Kier molecular flexibility index (Phi) is 4.78. The molecular weight excluding hydrogens is 382 g/mol. The molecule has 2 aromatic heterocycles. The smallest absolute Gasteiger partial charge is 0.263 e. The van der Waals surface area contributed by atoms with Crippen molar-refractivity contribution in [2.45, 2.75) is 39.7 Å². The van der Waals surface area contributed by atoms with E-state index in [2.05, 4.69) is 17.2 Å². The maximum Gasteiger partial charge on any atom is 0.263 e. The molecule has 1 unspecified atom stereocenters. The third kappa shape index (κ3) is 3.51. The summed E-state index contributed by atoms with van der Waals surface area (Å²) in [6.07, 6.45) is 3.00. The van der Waals surface area contributed by atoms with E-state index in [4.69, 9.17) is 11.6 Å². The van der Waals surface area contributed by atoms with Crippen LogP contribution in [0.15, 0.2) is 29.1 Å². The molecule has 0 aliphatic heterocycles. The van der Waals surface area contributed by atoms with Crippen molar-refractivity contribution < 1.29 is 4.79 Å². The van der Waals surface area contributed by atoms with E-state index in [1.165, 1.54) is 9.44 Å². The minimum Gasteiger partial charge on any atom is -0.325 e. The number of hydrogen-bond donors (Lipinski definition) is 1. The van der Waals surface area contributed by atoms with E-state index in [9.17, 15) is 9.59 Å². The fourth-order valence-electron chi connectivity index (χ4n) is 3.59. The molecule has 7 heteroatoms. The third-order valence-corrected chi connectivity index (χ3v) is 6.44. The van der Waals surface area contributed by atoms with Crippen LogP contribution in [0.3, 0.4) is 0 Å². The van der Waals surface area contributed by atoms with E-state index in [1.807, 2.05) is 0 Å². The second-order valence-electron chi connectivity index (χ2n) is 7.14. The first kappa shape index (κ1) is 18.2. The van der Waals surface area contributed by atoms with Crippen LogP contribution in [0.2, 0.25) is 5.02 Å². The molecule has 140 valence electrons. The highest BCUT2D eigenvalue weighted by Gasteiger charge is 2.24. The van der Waals surface area contributed by atoms with Gasteiger partial charge in [0, 0.05) is 15.6 Å². The van der Waals surface area contributed by atoms with Gasteiger partial charge in [0.1, 0.15) is 17.2 Å². The van der Waals surface area contributed by atoms with E-state index in [1.54, 1.807) is 42.5 Å². The van der Waals surface area contributed by atoms with Crippen molar-refractivity contribution in [3.05, 3.63) is 55.9 Å². The lowest BCUT2D eigenvalue weighted by molar-refractivity contribution is -0.116. The number of rotatable bonds is 3. The van der Waals surface area contributed by atoms with E-state index in [-0.39, 0.29) is 18.0 Å². The molecule has 1 N–H and O–H groups in total. The van der Waals surface area contributed by atoms with Crippen molar-refractivity contribution in [1.82, 2.24) is 9.55 Å². The van der Waals surface area contributed by atoms with Gasteiger partial charge < -0.3 is 5.32 Å². The van der Waals surface area contributed by atoms with Crippen molar-refractivity contribution in [3.8, 4) is 0 Å². The summed E-state index contributed by atoms with van der Waals surface area (Å²) in [5.74, 6) is 0.936. The van der Waals surface area contributed by atoms with Crippen molar-refractivity contribution in [3.63, 3.8) is 0 Å². The zero-order valence-electron chi connectivity index (χ0n) is 15.2. The molecule has 1 aliphatic carbocycles. The number of fused-ring (bicyclic) bond motifs is 3. The van der Waals surface area contributed by atoms with Gasteiger partial charge >= 0.3 is 0 Å². The zero-order chi connectivity index (χ0) is 19.1. The van der Waals surface area contributed by atoms with Crippen LogP contribution in [-0.4, -0.2) is 15.5 Å². The molecule has 0 saturated heterocycles. The maximum atomic E-state index is 13.1. The molecule has 1 aromatic carbocycles. The summed E-state index contributed by atoms with van der Waals surface area (Å²) in [6.45, 7) is 3.96. The Morgan fingerprint density at radius 1 is 1.37 bits per heavy atom. The molecule has 27 heavy (non-hydrogen) atoms. The fraction of sp³-hybridized carbons (Fsp3) is 0.350. The highest BCUT2D eigenvalue weighted by Crippen LogP contribution is 2.35. The molecule has 1 aliphatic rings. The van der Waals surface area contributed by atoms with Crippen LogP contribution in [0.4, 0.5) is 5.69 Å². The van der Waals surface area contributed by atoms with E-state index >= 15 is 0 Å². The van der Waals surface area contributed by atoms with Gasteiger partial charge in [0.2, 0.25) is 5.91 Å². The number of aromatic nitrogens is 2. The molecule has 4 rings (SSSR count). The van der Waals surface area contributed by atoms with Crippen LogP contribution < -0.4 is 10.9 Å². The van der Waals surface area contributed by atoms with Gasteiger partial charge in [0.05, 0.1) is 5.39 Å². The molecule has 0 saturated carbocycles. The normalized spacial score (nSPS) is 16.3. The van der Waals surface area contributed by atoms with Gasteiger partial charge in [-0.3, -0.25) is 14.2 Å². The van der Waals surface area contributed by atoms with Crippen molar-refractivity contribution in [2.75, 3.05) is 5.32 Å². The van der Waals surface area contributed by atoms with Crippen LogP contribution in [0, 0.1) is 12.8 Å². The number of halogens is 1. The van der Waals surface area contributed by atoms with Gasteiger partial charge in [-0.25, -0.2) is 4.98 Å². The highest BCUT2D eigenvalue weighted by atomic mass is 35.5. The van der Waals surface area contributed by atoms with Gasteiger partial charge in [0.25, 0.3) is 5.56 Å². The standard InChI is InChI=1S/C20H20ClN3O2S/c1-11-3-8-15-16(9-11)27-19-18(15)20(26)24(12(2)22-19)10-17(25)23-14-6-4-13(21)5-7-14/h4-7,11H,3,8-10H2,1-2H3,(H,23,25). The van der Waals surface area contributed by atoms with Crippen molar-refractivity contribution >= 4 is 44.7 Å². The zero-order valence-corrected chi connectivity index (χ0v) is 16.8. The molecule has 2 heterocycles. The number of benzene rings is 1. The number of nitrogens with one attached hydrogen (secondary N) is 1. The Balaban J connectivity index is 1.66. The fourth-order valence-corrected chi connectivity index (χ4v) is 5.13. The number of nitrogens with zero attached hydrogens (tertiary/aromatic N) is 2. The summed E-state index contributed by atoms with van der Waals surface area (Å²) < 4.78 is 1.47. The molecule has 0 radical (unpaired) electrons. The molecule has 1 amide bonds. The average molecular weight is 402 g/mol. The average Bonchev–Trinajstić information content (AvgIpc) is 2.97. The number of carbonyl (C=O) groups is 1. The van der Waals surface area contributed by atoms with E-state index < -0.39 is 0 Å². The predicted molar refractivity (Wildman–Crippen MR) is 110 cm³/mol. The lowest BCUT2D eigenvalue weighted by Gasteiger charge is -2.17. The monoisotopic (exact) mass is 401 g/mol. The summed E-state index contributed by atoms with van der Waals surface area (Å²) in [7, 11) is 0. The number of amides is 1. The lowest BCUT2D eigenvalue weighted by atomic mass is 9.89. The number of aryl methyl sites for hydroxylation is 2. The first-order chi connectivity index (χ1) is 12.9. The van der Waals surface area contributed by atoms with Crippen molar-refractivity contribution in [2.24, 2.45) is 5.92 Å². The molecular formula is C20H20ClN3O2S. The number of thiophene rings is 1. The van der Waals surface area contributed by atoms with Gasteiger partial charge in [-0.05, 0) is 61.9 Å². The van der Waals surface area contributed by atoms with Crippen LogP contribution in [0.25, 0.3) is 10.2 Å². The Morgan fingerprint density at radius 2 is 2.11 bits per heavy atom. The molecule has 1 atom stereocenters. The Morgan fingerprint density at radius 3 is 2.85 bits per heavy atom. The van der Waals surface area contributed by atoms with Crippen LogP contribution in [0.5, 0.6) is 0 Å². The molecule has 0 fully saturated rings. The SMILES string of the molecule is Cc1nc2sc3c(c2c(=O)n1CC(=O)Nc1ccc(Cl)cc1)CCC(C)C3. The van der Waals surface area contributed by atoms with Gasteiger partial charge in [0.15, 0.2) is 0 Å². The number of hydrogen-bond acceptors (Lipinski definition) is 4. The van der Waals surface area contributed by atoms with E-state index in [0.29, 0.717) is 27.8 Å². The second-order valence-corrected chi connectivity index (χ2v) is 8.66. The molecule has 0 spiro atoms. The first-order valence-electron chi connectivity index (χ1n) is 8.99. The van der Waals surface area contributed by atoms with Crippen LogP contribution >= 0.6 is 22.9 Å². The number of carbonyl (C=O) groups excluding carboxylic acids is 1. The van der Waals surface area contributed by atoms with Gasteiger partial charge in [-0.15, -0.1) is 11.3 Å². The maximum absolute atomic E-state index is 13.1. The number of anilines is 1. The summed E-state index contributed by atoms with van der Waals surface area (Å²) in [6, 6.07) is 6.88. The summed E-state index contributed by atoms with van der Waals surface area (Å²) in [4.78, 5) is 32.3. The highest BCUT2D eigenvalue weighted by molar-refractivity contribution is 7.18. The van der Waals surface area contributed by atoms with Crippen molar-refractivity contribution in [1.29, 1.82) is 0 Å². The largest absolute Gasteiger partial charge is 0.325 e. The molecule has 5 nitrogen and oxygen atoms in total. The lowest BCUT2D eigenvalue weighted by Crippen LogP contribution is -2.30.